The first-order valence-corrected chi connectivity index (χ1v) is 11.4. The molecule has 2 aromatic carbocycles. The van der Waals surface area contributed by atoms with Gasteiger partial charge in [0.05, 0.1) is 16.6 Å². The number of aromatic nitrogens is 4. The van der Waals surface area contributed by atoms with Gasteiger partial charge in [0.15, 0.2) is 0 Å². The van der Waals surface area contributed by atoms with Gasteiger partial charge in [-0.15, -0.1) is 0 Å². The van der Waals surface area contributed by atoms with E-state index < -0.39 is 0 Å². The summed E-state index contributed by atoms with van der Waals surface area (Å²) in [6, 6.07) is 15.0. The van der Waals surface area contributed by atoms with E-state index in [4.69, 9.17) is 0 Å². The first-order valence-electron chi connectivity index (χ1n) is 11.4. The lowest BCUT2D eigenvalue weighted by Crippen LogP contribution is -2.30. The van der Waals surface area contributed by atoms with E-state index in [2.05, 4.69) is 25.6 Å². The number of aryl methyl sites for hydroxylation is 1. The SMILES string of the molecule is Cc1nc2cc(-c3ccnc(Nc4cccc(C(=O)NC(C)C)c4)n3)ccc2c(=O)n1C1CC1. The van der Waals surface area contributed by atoms with Crippen LogP contribution in [-0.4, -0.2) is 31.5 Å². The van der Waals surface area contributed by atoms with Crippen molar-refractivity contribution >= 4 is 28.4 Å². The summed E-state index contributed by atoms with van der Waals surface area (Å²) in [6.45, 7) is 5.73. The molecule has 0 bridgehead atoms. The van der Waals surface area contributed by atoms with Crippen LogP contribution in [0.4, 0.5) is 11.6 Å². The van der Waals surface area contributed by atoms with Gasteiger partial charge in [-0.05, 0) is 70.0 Å². The van der Waals surface area contributed by atoms with Crippen LogP contribution >= 0.6 is 0 Å². The second-order valence-corrected chi connectivity index (χ2v) is 8.90. The van der Waals surface area contributed by atoms with E-state index in [9.17, 15) is 9.59 Å². The highest BCUT2D eigenvalue weighted by Crippen LogP contribution is 2.34. The summed E-state index contributed by atoms with van der Waals surface area (Å²) < 4.78 is 1.81. The molecule has 8 nitrogen and oxygen atoms in total. The Bertz CT molecular complexity index is 1460. The first kappa shape index (κ1) is 21.8. The molecule has 2 aromatic heterocycles. The number of anilines is 2. The standard InChI is InChI=1S/C26H26N6O2/c1-15(2)28-24(33)18-5-4-6-19(13-18)30-26-27-12-11-22(31-26)17-7-10-21-23(14-17)29-16(3)32(25(21)34)20-8-9-20/h4-7,10-15,20H,8-9H2,1-3H3,(H,28,33)(H,27,30,31). The van der Waals surface area contributed by atoms with Gasteiger partial charge in [-0.25, -0.2) is 15.0 Å². The van der Waals surface area contributed by atoms with E-state index in [0.29, 0.717) is 33.8 Å². The molecule has 2 heterocycles. The van der Waals surface area contributed by atoms with E-state index >= 15 is 0 Å². The van der Waals surface area contributed by atoms with Gasteiger partial charge in [0.2, 0.25) is 5.95 Å². The van der Waals surface area contributed by atoms with Crippen molar-refractivity contribution < 1.29 is 4.79 Å². The van der Waals surface area contributed by atoms with Gasteiger partial charge in [0.25, 0.3) is 11.5 Å². The Hall–Kier alpha value is -4.07. The van der Waals surface area contributed by atoms with E-state index in [1.807, 2.05) is 61.7 Å². The number of rotatable bonds is 6. The normalized spacial score (nSPS) is 13.3. The second kappa shape index (κ2) is 8.70. The molecule has 0 aliphatic heterocycles. The zero-order chi connectivity index (χ0) is 23.8. The summed E-state index contributed by atoms with van der Waals surface area (Å²) in [7, 11) is 0. The molecule has 0 atom stereocenters. The molecule has 0 unspecified atom stereocenters. The number of hydrogen-bond acceptors (Lipinski definition) is 6. The van der Waals surface area contributed by atoms with Crippen LogP contribution in [-0.2, 0) is 0 Å². The summed E-state index contributed by atoms with van der Waals surface area (Å²) in [5.74, 6) is 1.02. The van der Waals surface area contributed by atoms with E-state index in [1.54, 1.807) is 18.3 Å². The van der Waals surface area contributed by atoms with Crippen LogP contribution in [0.2, 0.25) is 0 Å². The van der Waals surface area contributed by atoms with Crippen LogP contribution in [0.1, 0.15) is 48.9 Å². The molecule has 2 N–H and O–H groups in total. The molecular formula is C26H26N6O2. The predicted molar refractivity (Wildman–Crippen MR) is 132 cm³/mol. The van der Waals surface area contributed by atoms with Crippen LogP contribution in [0.3, 0.4) is 0 Å². The third kappa shape index (κ3) is 4.39. The van der Waals surface area contributed by atoms with Crippen molar-refractivity contribution in [2.24, 2.45) is 0 Å². The molecule has 0 radical (unpaired) electrons. The molecule has 8 heteroatoms. The third-order valence-electron chi connectivity index (χ3n) is 5.74. The number of carbonyl (C=O) groups is 1. The fourth-order valence-electron chi connectivity index (χ4n) is 4.02. The van der Waals surface area contributed by atoms with Gasteiger partial charge in [0.1, 0.15) is 5.82 Å². The van der Waals surface area contributed by atoms with Gasteiger partial charge in [-0.2, -0.15) is 0 Å². The minimum absolute atomic E-state index is 0.0166. The Morgan fingerprint density at radius 1 is 1.09 bits per heavy atom. The van der Waals surface area contributed by atoms with Gasteiger partial charge in [0, 0.05) is 35.1 Å². The highest BCUT2D eigenvalue weighted by Gasteiger charge is 2.27. The topological polar surface area (TPSA) is 102 Å². The van der Waals surface area contributed by atoms with Crippen LogP contribution in [0, 0.1) is 6.92 Å². The molecule has 1 saturated carbocycles. The van der Waals surface area contributed by atoms with Crippen LogP contribution in [0.5, 0.6) is 0 Å². The highest BCUT2D eigenvalue weighted by atomic mass is 16.1. The van der Waals surface area contributed by atoms with Gasteiger partial charge in [-0.1, -0.05) is 12.1 Å². The minimum Gasteiger partial charge on any atom is -0.350 e. The first-order chi connectivity index (χ1) is 16.4. The summed E-state index contributed by atoms with van der Waals surface area (Å²) in [5.41, 5.74) is 3.50. The molecule has 1 amide bonds. The Kier molecular flexibility index (Phi) is 5.57. The van der Waals surface area contributed by atoms with Crippen LogP contribution < -0.4 is 16.2 Å². The largest absolute Gasteiger partial charge is 0.350 e. The van der Waals surface area contributed by atoms with Crippen molar-refractivity contribution in [3.8, 4) is 11.3 Å². The number of hydrogen-bond donors (Lipinski definition) is 2. The van der Waals surface area contributed by atoms with E-state index in [1.165, 1.54) is 0 Å². The van der Waals surface area contributed by atoms with Crippen molar-refractivity contribution in [2.45, 2.75) is 45.7 Å². The quantitative estimate of drug-likeness (QED) is 0.448. The fraction of sp³-hybridized carbons (Fsp3) is 0.269. The fourth-order valence-corrected chi connectivity index (χ4v) is 4.02. The van der Waals surface area contributed by atoms with Crippen molar-refractivity contribution in [1.29, 1.82) is 0 Å². The number of carbonyl (C=O) groups excluding carboxylic acids is 1. The lowest BCUT2D eigenvalue weighted by atomic mass is 10.1. The molecular weight excluding hydrogens is 428 g/mol. The van der Waals surface area contributed by atoms with E-state index in [-0.39, 0.29) is 23.6 Å². The number of fused-ring (bicyclic) bond motifs is 1. The molecule has 172 valence electrons. The Balaban J connectivity index is 1.43. The smallest absolute Gasteiger partial charge is 0.261 e. The Morgan fingerprint density at radius 2 is 1.91 bits per heavy atom. The lowest BCUT2D eigenvalue weighted by molar-refractivity contribution is 0.0943. The molecule has 1 aliphatic rings. The highest BCUT2D eigenvalue weighted by molar-refractivity contribution is 5.95. The number of nitrogens with zero attached hydrogens (tertiary/aromatic N) is 4. The maximum atomic E-state index is 12.9. The van der Waals surface area contributed by atoms with Crippen molar-refractivity contribution in [1.82, 2.24) is 24.8 Å². The molecule has 34 heavy (non-hydrogen) atoms. The monoisotopic (exact) mass is 454 g/mol. The average Bonchev–Trinajstić information content (AvgIpc) is 3.64. The van der Waals surface area contributed by atoms with Crippen molar-refractivity contribution in [2.75, 3.05) is 5.32 Å². The third-order valence-corrected chi connectivity index (χ3v) is 5.74. The molecule has 1 aliphatic carbocycles. The number of amides is 1. The minimum atomic E-state index is -0.131. The maximum Gasteiger partial charge on any atom is 0.261 e. The molecule has 0 saturated heterocycles. The Labute approximate surface area is 197 Å². The summed E-state index contributed by atoms with van der Waals surface area (Å²) in [4.78, 5) is 38.9. The van der Waals surface area contributed by atoms with Gasteiger partial charge in [-0.3, -0.25) is 14.2 Å². The zero-order valence-electron chi connectivity index (χ0n) is 19.4. The van der Waals surface area contributed by atoms with E-state index in [0.717, 1.165) is 24.2 Å². The lowest BCUT2D eigenvalue weighted by Gasteiger charge is -2.11. The Morgan fingerprint density at radius 3 is 2.68 bits per heavy atom. The average molecular weight is 455 g/mol. The van der Waals surface area contributed by atoms with Crippen molar-refractivity contribution in [3.63, 3.8) is 0 Å². The maximum absolute atomic E-state index is 12.9. The second-order valence-electron chi connectivity index (χ2n) is 8.90. The summed E-state index contributed by atoms with van der Waals surface area (Å²) in [6.07, 6.45) is 3.75. The van der Waals surface area contributed by atoms with Gasteiger partial charge >= 0.3 is 0 Å². The summed E-state index contributed by atoms with van der Waals surface area (Å²) in [5, 5.41) is 6.68. The molecule has 4 aromatic rings. The molecule has 0 spiro atoms. The molecule has 5 rings (SSSR count). The van der Waals surface area contributed by atoms with Gasteiger partial charge < -0.3 is 10.6 Å². The zero-order valence-corrected chi connectivity index (χ0v) is 19.4. The predicted octanol–water partition coefficient (Wildman–Crippen LogP) is 4.38. The van der Waals surface area contributed by atoms with Crippen LogP contribution in [0.25, 0.3) is 22.2 Å². The number of benzene rings is 2. The molecule has 1 fully saturated rings. The van der Waals surface area contributed by atoms with Crippen molar-refractivity contribution in [3.05, 3.63) is 76.5 Å². The van der Waals surface area contributed by atoms with Crippen LogP contribution in [0.15, 0.2) is 59.5 Å². The summed E-state index contributed by atoms with van der Waals surface area (Å²) >= 11 is 0. The number of nitrogens with one attached hydrogen (secondary N) is 2.